The van der Waals surface area contributed by atoms with E-state index in [9.17, 15) is 19.4 Å². The van der Waals surface area contributed by atoms with Crippen LogP contribution in [-0.2, 0) is 39.2 Å². The van der Waals surface area contributed by atoms with Gasteiger partial charge in [-0.1, -0.05) is 12.2 Å². The highest BCUT2D eigenvalue weighted by Gasteiger charge is 2.54. The number of hydrogen-bond donors (Lipinski definition) is 5. The van der Waals surface area contributed by atoms with E-state index in [1.165, 1.54) is 28.1 Å². The number of anilines is 1. The first-order chi connectivity index (χ1) is 20.8. The van der Waals surface area contributed by atoms with Crippen LogP contribution in [0.2, 0.25) is 0 Å². The summed E-state index contributed by atoms with van der Waals surface area (Å²) in [6, 6.07) is -0.897. The maximum atomic E-state index is 16.1. The average molecular weight is 692 g/mol. The highest BCUT2D eigenvalue weighted by Crippen LogP contribution is 2.60. The molecule has 0 aromatic carbocycles. The third kappa shape index (κ3) is 5.19. The topological polar surface area (TPSA) is 237 Å². The Hall–Kier alpha value is -2.42. The molecular weight excluding hydrogens is 667 g/mol. The van der Waals surface area contributed by atoms with Crippen molar-refractivity contribution in [2.24, 2.45) is 0 Å². The van der Waals surface area contributed by atoms with Crippen molar-refractivity contribution in [1.29, 1.82) is 0 Å². The minimum Gasteiger partial charge on any atom is -0.388 e. The van der Waals surface area contributed by atoms with Gasteiger partial charge < -0.3 is 34.5 Å². The van der Waals surface area contributed by atoms with Crippen LogP contribution < -0.4 is 11.3 Å². The standard InChI is InChI=1S/C21H24FN9O9P2S2/c1-7-28-19-13(20(33)29-7)27-5-30(19)8-2-9-14(32)15(8)39-41(34,43)36-3-10-16(40-42(35,44)38-9)11(22)21(37-10)31-6-26-12-17(23)24-4-25-18(12)31/h4-6,8-11,14-16,21,32H,2-3H2,1H3,(H,34,43)(H,35,44)(H2,23,24,25)(H,28,29,33)/t8-,9+,10-,11+,14-,15+,16-,21-,41?,42?/m1/s1. The lowest BCUT2D eigenvalue weighted by molar-refractivity contribution is -0.0539. The Morgan fingerprint density at radius 2 is 1.86 bits per heavy atom. The number of thiol groups is 1. The maximum Gasteiger partial charge on any atom is 0.386 e. The molecule has 10 atom stereocenters. The number of H-pyrrole nitrogens is 1. The van der Waals surface area contributed by atoms with Gasteiger partial charge in [0.15, 0.2) is 35.0 Å². The van der Waals surface area contributed by atoms with Crippen LogP contribution in [0.15, 0.2) is 23.8 Å². The number of alkyl halides is 1. The summed E-state index contributed by atoms with van der Waals surface area (Å²) in [6.07, 6.45) is -6.84. The summed E-state index contributed by atoms with van der Waals surface area (Å²) in [4.78, 5) is 46.6. The van der Waals surface area contributed by atoms with E-state index in [4.69, 9.17) is 40.4 Å². The maximum absolute atomic E-state index is 16.1. The van der Waals surface area contributed by atoms with Gasteiger partial charge in [-0.15, -0.1) is 0 Å². The Morgan fingerprint density at radius 1 is 1.11 bits per heavy atom. The van der Waals surface area contributed by atoms with Crippen molar-refractivity contribution < 1.29 is 41.8 Å². The van der Waals surface area contributed by atoms with Crippen molar-refractivity contribution in [2.45, 2.75) is 62.3 Å². The highest BCUT2D eigenvalue weighted by atomic mass is 32.7. The number of imidazole rings is 2. The second-order valence-electron chi connectivity index (χ2n) is 10.4. The van der Waals surface area contributed by atoms with Gasteiger partial charge in [0.25, 0.3) is 5.56 Å². The van der Waals surface area contributed by atoms with E-state index in [1.54, 1.807) is 6.92 Å². The molecule has 6 heterocycles. The molecule has 3 fully saturated rings. The Labute approximate surface area is 256 Å². The molecule has 44 heavy (non-hydrogen) atoms. The van der Waals surface area contributed by atoms with E-state index < -0.39 is 74.6 Å². The van der Waals surface area contributed by atoms with E-state index in [0.717, 1.165) is 0 Å². The molecule has 3 aliphatic rings. The summed E-state index contributed by atoms with van der Waals surface area (Å²) in [5.74, 6) is 0.362. The number of nitrogens with two attached hydrogens (primary N) is 1. The molecule has 2 saturated heterocycles. The Bertz CT molecular complexity index is 1930. The Kier molecular flexibility index (Phi) is 7.45. The first kappa shape index (κ1) is 30.2. The molecule has 4 aromatic rings. The van der Waals surface area contributed by atoms with Crippen molar-refractivity contribution in [3.8, 4) is 0 Å². The van der Waals surface area contributed by atoms with Crippen LogP contribution in [0.1, 0.15) is 24.5 Å². The molecule has 7 rings (SSSR count). The predicted octanol–water partition coefficient (Wildman–Crippen LogP) is 0.832. The number of hydrogen-bond acceptors (Lipinski definition) is 15. The van der Waals surface area contributed by atoms with Crippen LogP contribution in [0.4, 0.5) is 10.2 Å². The van der Waals surface area contributed by atoms with Crippen LogP contribution in [0.5, 0.6) is 0 Å². The predicted molar refractivity (Wildman–Crippen MR) is 155 cm³/mol. The number of nitrogens with zero attached hydrogens (tertiary/aromatic N) is 7. The zero-order chi connectivity index (χ0) is 31.1. The van der Waals surface area contributed by atoms with Gasteiger partial charge >= 0.3 is 13.5 Å². The Balaban J connectivity index is 1.22. The number of ether oxygens (including phenoxy) is 1. The van der Waals surface area contributed by atoms with E-state index >= 15 is 4.39 Å². The van der Waals surface area contributed by atoms with Gasteiger partial charge in [-0.25, -0.2) is 33.9 Å². The van der Waals surface area contributed by atoms with Crippen molar-refractivity contribution in [2.75, 3.05) is 12.3 Å². The molecule has 5 N–H and O–H groups in total. The molecule has 23 heteroatoms. The normalized spacial score (nSPS) is 38.0. The van der Waals surface area contributed by atoms with Crippen LogP contribution in [0.3, 0.4) is 0 Å². The third-order valence-electron chi connectivity index (χ3n) is 7.59. The SMILES string of the molecule is Cc1nc2c(ncn2[C@@H]2C[C@@H]3OP(O)(=S)O[C@H]4[C@H](F)[C@H](n5cnc6c(N)ncnc65)O[C@@H]4COP(=O)(S)O[C@@H]2[C@@H]3O)c(=O)[nH]1. The summed E-state index contributed by atoms with van der Waals surface area (Å²) in [7, 11) is 0. The van der Waals surface area contributed by atoms with Crippen LogP contribution in [0, 0.1) is 6.92 Å². The molecule has 4 aromatic heterocycles. The lowest BCUT2D eigenvalue weighted by Gasteiger charge is -2.30. The van der Waals surface area contributed by atoms with Crippen LogP contribution in [-0.4, -0.2) is 92.3 Å². The first-order valence-corrected chi connectivity index (χ1v) is 18.3. The molecule has 2 unspecified atom stereocenters. The number of aliphatic hydroxyl groups excluding tert-OH is 1. The second-order valence-corrected chi connectivity index (χ2v) is 16.0. The number of aliphatic hydroxyl groups is 1. The fourth-order valence-electron chi connectivity index (χ4n) is 5.68. The van der Waals surface area contributed by atoms with E-state index in [2.05, 4.69) is 42.2 Å². The summed E-state index contributed by atoms with van der Waals surface area (Å²) in [6.45, 7) is -7.62. The van der Waals surface area contributed by atoms with Crippen LogP contribution in [0.25, 0.3) is 22.3 Å². The number of rotatable bonds is 2. The minimum atomic E-state index is -4.30. The molecule has 2 aliphatic heterocycles. The quantitative estimate of drug-likeness (QED) is 0.145. The molecule has 236 valence electrons. The molecule has 0 radical (unpaired) electrons. The number of fused-ring (bicyclic) bond motifs is 5. The van der Waals surface area contributed by atoms with E-state index in [-0.39, 0.29) is 34.6 Å². The molecule has 0 spiro atoms. The van der Waals surface area contributed by atoms with Gasteiger partial charge in [-0.2, -0.15) is 0 Å². The largest absolute Gasteiger partial charge is 0.388 e. The summed E-state index contributed by atoms with van der Waals surface area (Å²) < 4.78 is 60.8. The third-order valence-corrected chi connectivity index (χ3v) is 10.8. The lowest BCUT2D eigenvalue weighted by Crippen LogP contribution is -2.37. The molecular formula is C21H24FN9O9P2S2. The van der Waals surface area contributed by atoms with Crippen LogP contribution >= 0.6 is 25.8 Å². The fraction of sp³-hybridized carbons (Fsp3) is 0.524. The Morgan fingerprint density at radius 3 is 2.66 bits per heavy atom. The van der Waals surface area contributed by atoms with Crippen molar-refractivity contribution in [3.05, 3.63) is 35.2 Å². The number of aromatic amines is 1. The summed E-state index contributed by atoms with van der Waals surface area (Å²) in [5, 5.41) is 11.2. The number of nitrogen functional groups attached to an aromatic ring is 1. The van der Waals surface area contributed by atoms with E-state index in [0.29, 0.717) is 5.82 Å². The minimum absolute atomic E-state index is 0.0142. The smallest absolute Gasteiger partial charge is 0.386 e. The number of aryl methyl sites for hydroxylation is 1. The number of halogens is 1. The van der Waals surface area contributed by atoms with Gasteiger partial charge in [0.1, 0.15) is 42.1 Å². The summed E-state index contributed by atoms with van der Waals surface area (Å²) in [5.41, 5.74) is 5.90. The molecule has 0 amide bonds. The van der Waals surface area contributed by atoms with Crippen molar-refractivity contribution >= 4 is 65.7 Å². The van der Waals surface area contributed by atoms with Crippen molar-refractivity contribution in [3.63, 3.8) is 0 Å². The van der Waals surface area contributed by atoms with E-state index in [1.807, 2.05) is 0 Å². The van der Waals surface area contributed by atoms with Gasteiger partial charge in [0.05, 0.1) is 31.4 Å². The van der Waals surface area contributed by atoms with Gasteiger partial charge in [0.2, 0.25) is 0 Å². The van der Waals surface area contributed by atoms with Gasteiger partial charge in [-0.3, -0.25) is 22.9 Å². The average Bonchev–Trinajstić information content (AvgIpc) is 3.70. The molecule has 2 bridgehead atoms. The molecule has 1 aliphatic carbocycles. The highest BCUT2D eigenvalue weighted by molar-refractivity contribution is 8.44. The second kappa shape index (κ2) is 10.8. The monoisotopic (exact) mass is 691 g/mol. The molecule has 18 nitrogen and oxygen atoms in total. The lowest BCUT2D eigenvalue weighted by atomic mass is 10.1. The first-order valence-electron chi connectivity index (χ1n) is 13.0. The fourth-order valence-corrected chi connectivity index (χ4v) is 8.96. The van der Waals surface area contributed by atoms with Gasteiger partial charge in [-0.05, 0) is 18.7 Å². The zero-order valence-corrected chi connectivity index (χ0v) is 25.9. The zero-order valence-electron chi connectivity index (χ0n) is 22.4. The van der Waals surface area contributed by atoms with Gasteiger partial charge in [0, 0.05) is 6.42 Å². The number of nitrogens with one attached hydrogen (secondary N) is 1. The molecule has 1 saturated carbocycles. The number of aromatic nitrogens is 8. The van der Waals surface area contributed by atoms with Crippen molar-refractivity contribution in [1.82, 2.24) is 39.0 Å². The summed E-state index contributed by atoms with van der Waals surface area (Å²) >= 11 is 9.34.